The van der Waals surface area contributed by atoms with Crippen molar-refractivity contribution in [2.24, 2.45) is 5.41 Å². The van der Waals surface area contributed by atoms with Crippen molar-refractivity contribution < 1.29 is 4.39 Å². The Morgan fingerprint density at radius 1 is 1.15 bits per heavy atom. The second-order valence-electron chi connectivity index (χ2n) is 8.71. The maximum absolute atomic E-state index is 14.4. The molecule has 2 aromatic rings. The molecule has 1 aliphatic carbocycles. The molecule has 1 aromatic carbocycles. The third-order valence-corrected chi connectivity index (χ3v) is 8.14. The molecule has 0 saturated carbocycles. The number of fused-ring (bicyclic) bond motifs is 5. The van der Waals surface area contributed by atoms with Gasteiger partial charge in [0, 0.05) is 29.3 Å². The van der Waals surface area contributed by atoms with Gasteiger partial charge in [0.2, 0.25) is 12.4 Å². The van der Waals surface area contributed by atoms with Crippen molar-refractivity contribution in [2.45, 2.75) is 38.3 Å². The fourth-order valence-corrected chi connectivity index (χ4v) is 7.29. The number of aromatic nitrogens is 1. The number of hydrogen-bond acceptors (Lipinski definition) is 1. The van der Waals surface area contributed by atoms with Crippen LogP contribution in [-0.2, 0) is 5.41 Å². The Balaban J connectivity index is 1.77. The number of hydrogen-bond donors (Lipinski definition) is 0. The fraction of sp³-hybridized carbons (Fsp3) is 0.409. The van der Waals surface area contributed by atoms with Gasteiger partial charge in [-0.1, -0.05) is 26.0 Å². The monoisotopic (exact) mass is 349 g/mol. The van der Waals surface area contributed by atoms with Gasteiger partial charge in [-0.3, -0.25) is 0 Å². The lowest BCUT2D eigenvalue weighted by Crippen LogP contribution is -2.89. The van der Waals surface area contributed by atoms with Crippen molar-refractivity contribution in [1.29, 1.82) is 0 Å². The van der Waals surface area contributed by atoms with E-state index in [1.165, 1.54) is 22.8 Å². The van der Waals surface area contributed by atoms with Crippen molar-refractivity contribution in [2.75, 3.05) is 13.7 Å². The highest BCUT2D eigenvalue weighted by Gasteiger charge is 2.87. The van der Waals surface area contributed by atoms with Gasteiger partial charge in [-0.25, -0.2) is 4.39 Å². The van der Waals surface area contributed by atoms with E-state index in [0.29, 0.717) is 6.17 Å². The number of rotatable bonds is 2. The molecule has 2 bridgehead atoms. The molecule has 4 heterocycles. The van der Waals surface area contributed by atoms with E-state index >= 15 is 0 Å². The largest absolute Gasteiger partial charge is 0.305 e. The number of halogens is 1. The molecular formula is C22H24FN3+2. The van der Waals surface area contributed by atoms with Crippen molar-refractivity contribution in [3.05, 3.63) is 60.1 Å². The summed E-state index contributed by atoms with van der Waals surface area (Å²) < 4.78 is 16.1. The summed E-state index contributed by atoms with van der Waals surface area (Å²) in [4.78, 5) is 4.86. The average Bonchev–Trinajstić information content (AvgIpc) is 3.01. The SMILES string of the molecule is CCC12C=CC1(CC)C1[N+]3(C)C[N+]1(c1ccc(F)cc12)c1ncccc13. The van der Waals surface area contributed by atoms with Gasteiger partial charge in [-0.05, 0) is 31.0 Å². The van der Waals surface area contributed by atoms with E-state index in [2.05, 4.69) is 45.2 Å². The zero-order valence-corrected chi connectivity index (χ0v) is 15.5. The molecule has 5 unspecified atom stereocenters. The maximum Gasteiger partial charge on any atom is 0.305 e. The Hall–Kier alpha value is -2.04. The van der Waals surface area contributed by atoms with Crippen molar-refractivity contribution >= 4 is 17.2 Å². The number of nitrogens with zero attached hydrogens (tertiary/aromatic N) is 3. The molecule has 26 heavy (non-hydrogen) atoms. The quantitative estimate of drug-likeness (QED) is 0.564. The van der Waals surface area contributed by atoms with Crippen LogP contribution in [-0.4, -0.2) is 24.9 Å². The number of benzene rings is 1. The molecule has 0 radical (unpaired) electrons. The highest BCUT2D eigenvalue weighted by molar-refractivity contribution is 5.85. The third kappa shape index (κ3) is 1.14. The lowest BCUT2D eigenvalue weighted by atomic mass is 9.45. The van der Waals surface area contributed by atoms with Gasteiger partial charge in [0.1, 0.15) is 11.2 Å². The van der Waals surface area contributed by atoms with Gasteiger partial charge >= 0.3 is 5.82 Å². The second kappa shape index (κ2) is 4.10. The van der Waals surface area contributed by atoms with Gasteiger partial charge in [0.05, 0.1) is 7.05 Å². The van der Waals surface area contributed by atoms with E-state index in [1.807, 2.05) is 12.3 Å². The van der Waals surface area contributed by atoms with Crippen LogP contribution in [0.5, 0.6) is 0 Å². The van der Waals surface area contributed by atoms with Gasteiger partial charge < -0.3 is 0 Å². The predicted octanol–water partition coefficient (Wildman–Crippen LogP) is 4.74. The summed E-state index contributed by atoms with van der Waals surface area (Å²) in [5.41, 5.74) is 3.78. The van der Waals surface area contributed by atoms with Crippen LogP contribution in [0.4, 0.5) is 21.6 Å². The smallest absolute Gasteiger partial charge is 0.207 e. The average molecular weight is 349 g/mol. The molecule has 0 N–H and O–H groups in total. The third-order valence-electron chi connectivity index (χ3n) is 8.14. The van der Waals surface area contributed by atoms with Crippen LogP contribution in [0.15, 0.2) is 48.7 Å². The molecule has 0 spiro atoms. The molecule has 0 amide bonds. The molecule has 5 atom stereocenters. The minimum atomic E-state index is -0.128. The maximum atomic E-state index is 14.4. The molecule has 1 aromatic heterocycles. The van der Waals surface area contributed by atoms with Gasteiger partial charge in [0.15, 0.2) is 5.69 Å². The Kier molecular flexibility index (Phi) is 2.38. The molecular weight excluding hydrogens is 325 g/mol. The summed E-state index contributed by atoms with van der Waals surface area (Å²) in [6, 6.07) is 9.78. The van der Waals surface area contributed by atoms with Crippen LogP contribution >= 0.6 is 0 Å². The topological polar surface area (TPSA) is 12.9 Å². The van der Waals surface area contributed by atoms with Crippen LogP contribution < -0.4 is 8.97 Å². The first-order valence-electron chi connectivity index (χ1n) is 9.70. The van der Waals surface area contributed by atoms with Crippen molar-refractivity contribution in [1.82, 2.24) is 14.0 Å². The van der Waals surface area contributed by atoms with E-state index in [0.717, 1.165) is 28.5 Å². The lowest BCUT2D eigenvalue weighted by molar-refractivity contribution is -0.121. The summed E-state index contributed by atoms with van der Waals surface area (Å²) in [5, 5.41) is 0. The zero-order valence-electron chi connectivity index (χ0n) is 15.5. The summed E-state index contributed by atoms with van der Waals surface area (Å²) in [6.07, 6.45) is 9.18. The van der Waals surface area contributed by atoms with Gasteiger partial charge in [-0.2, -0.15) is 9.47 Å². The minimum absolute atomic E-state index is 0.0518. The van der Waals surface area contributed by atoms with E-state index in [9.17, 15) is 4.39 Å². The van der Waals surface area contributed by atoms with Crippen molar-refractivity contribution in [3.8, 4) is 0 Å². The van der Waals surface area contributed by atoms with Crippen LogP contribution in [0.2, 0.25) is 0 Å². The fourth-order valence-electron chi connectivity index (χ4n) is 7.29. The molecule has 132 valence electrons. The summed E-state index contributed by atoms with van der Waals surface area (Å²) in [5.74, 6) is 1.04. The second-order valence-corrected chi connectivity index (χ2v) is 8.71. The molecule has 1 fully saturated rings. The first-order valence-corrected chi connectivity index (χ1v) is 9.70. The standard InChI is InChI=1S/C22H24FN3/c1-4-21-10-11-22(21,5-2)20-25(3)14-26(20,19-18(25)7-6-12-24-19)17-9-8-15(23)13-16(17)21/h6-13,20H,4-5,14H2,1-3H3/q+2. The van der Waals surface area contributed by atoms with E-state index in [-0.39, 0.29) is 16.6 Å². The summed E-state index contributed by atoms with van der Waals surface area (Å²) in [7, 11) is 2.37. The van der Waals surface area contributed by atoms with Crippen LogP contribution in [0.3, 0.4) is 0 Å². The van der Waals surface area contributed by atoms with E-state index in [4.69, 9.17) is 4.98 Å². The first-order chi connectivity index (χ1) is 12.5. The Bertz CT molecular complexity index is 1020. The van der Waals surface area contributed by atoms with Crippen LogP contribution in [0.25, 0.3) is 0 Å². The Morgan fingerprint density at radius 2 is 2.00 bits per heavy atom. The summed E-state index contributed by atoms with van der Waals surface area (Å²) >= 11 is 0. The normalized spacial score (nSPS) is 42.8. The van der Waals surface area contributed by atoms with Gasteiger partial charge in [0.25, 0.3) is 6.17 Å². The number of allylic oxidation sites excluding steroid dienone is 1. The predicted molar refractivity (Wildman–Crippen MR) is 102 cm³/mol. The van der Waals surface area contributed by atoms with E-state index < -0.39 is 0 Å². The highest BCUT2D eigenvalue weighted by atomic mass is 19.1. The molecule has 3 aliphatic heterocycles. The number of pyridine rings is 1. The molecule has 6 rings (SSSR count). The highest BCUT2D eigenvalue weighted by Crippen LogP contribution is 2.76. The van der Waals surface area contributed by atoms with Crippen molar-refractivity contribution in [3.63, 3.8) is 0 Å². The lowest BCUT2D eigenvalue weighted by Gasteiger charge is -2.68. The van der Waals surface area contributed by atoms with Crippen LogP contribution in [0, 0.1) is 11.2 Å². The minimum Gasteiger partial charge on any atom is -0.207 e. The van der Waals surface area contributed by atoms with E-state index in [1.54, 1.807) is 12.1 Å². The Morgan fingerprint density at radius 3 is 2.69 bits per heavy atom. The molecule has 3 nitrogen and oxygen atoms in total. The van der Waals surface area contributed by atoms with Crippen LogP contribution in [0.1, 0.15) is 32.3 Å². The summed E-state index contributed by atoms with van der Waals surface area (Å²) in [6.45, 7) is 5.55. The molecule has 4 aliphatic rings. The zero-order chi connectivity index (χ0) is 17.9. The Labute approximate surface area is 153 Å². The first kappa shape index (κ1) is 15.1. The number of quaternary nitrogens is 2. The molecule has 1 saturated heterocycles. The van der Waals surface area contributed by atoms with Gasteiger partial charge in [-0.15, -0.1) is 4.48 Å². The molecule has 4 heteroatoms.